The minimum absolute atomic E-state index is 0.125. The first-order chi connectivity index (χ1) is 7.20. The summed E-state index contributed by atoms with van der Waals surface area (Å²) >= 11 is 0. The van der Waals surface area contributed by atoms with Crippen molar-refractivity contribution in [1.82, 2.24) is 4.90 Å². The lowest BCUT2D eigenvalue weighted by Crippen LogP contribution is -2.29. The number of nitrogens with zero attached hydrogens (tertiary/aromatic N) is 1. The third-order valence-electron chi connectivity index (χ3n) is 2.46. The largest absolute Gasteiger partial charge is 0.359 e. The molecule has 2 rings (SSSR count). The molecule has 3 nitrogen and oxygen atoms in total. The van der Waals surface area contributed by atoms with Crippen LogP contribution >= 0.6 is 0 Å². The number of amides is 1. The maximum absolute atomic E-state index is 13.6. The Hall–Kier alpha value is -1.42. The molecule has 1 saturated heterocycles. The van der Waals surface area contributed by atoms with Crippen molar-refractivity contribution in [1.29, 1.82) is 0 Å². The Bertz CT molecular complexity index is 386. The number of aryl methyl sites for hydroxylation is 1. The van der Waals surface area contributed by atoms with E-state index in [1.165, 1.54) is 11.0 Å². The third-order valence-corrected chi connectivity index (χ3v) is 2.46. The van der Waals surface area contributed by atoms with Gasteiger partial charge in [0.05, 0.1) is 12.2 Å². The van der Waals surface area contributed by atoms with E-state index in [1.54, 1.807) is 19.1 Å². The molecular weight excluding hydrogens is 197 g/mol. The monoisotopic (exact) mass is 209 g/mol. The Balaban J connectivity index is 2.28. The summed E-state index contributed by atoms with van der Waals surface area (Å²) in [5.74, 6) is -0.733. The number of ether oxygens (including phenoxy) is 1. The van der Waals surface area contributed by atoms with E-state index in [0.717, 1.165) is 0 Å². The standard InChI is InChI=1S/C11H12FNO2/c1-8-3-2-4-9(10(8)12)11(14)13-5-6-15-7-13/h2-4H,5-7H2,1H3. The predicted molar refractivity (Wildman–Crippen MR) is 53.0 cm³/mol. The molecule has 1 aromatic carbocycles. The molecule has 1 aromatic rings. The van der Waals surface area contributed by atoms with E-state index in [2.05, 4.69) is 0 Å². The van der Waals surface area contributed by atoms with Gasteiger partial charge in [0, 0.05) is 6.54 Å². The summed E-state index contributed by atoms with van der Waals surface area (Å²) in [4.78, 5) is 13.3. The topological polar surface area (TPSA) is 29.5 Å². The Labute approximate surface area is 87.5 Å². The molecule has 0 unspecified atom stereocenters. The lowest BCUT2D eigenvalue weighted by molar-refractivity contribution is 0.0690. The van der Waals surface area contributed by atoms with Gasteiger partial charge in [-0.15, -0.1) is 0 Å². The van der Waals surface area contributed by atoms with Crippen molar-refractivity contribution in [3.05, 3.63) is 35.1 Å². The SMILES string of the molecule is Cc1cccc(C(=O)N2CCOC2)c1F. The summed E-state index contributed by atoms with van der Waals surface area (Å²) in [6.45, 7) is 2.96. The molecule has 15 heavy (non-hydrogen) atoms. The second-order valence-corrected chi connectivity index (χ2v) is 3.54. The van der Waals surface area contributed by atoms with Gasteiger partial charge in [-0.3, -0.25) is 4.79 Å². The fraction of sp³-hybridized carbons (Fsp3) is 0.364. The highest BCUT2D eigenvalue weighted by atomic mass is 19.1. The average molecular weight is 209 g/mol. The second kappa shape index (κ2) is 3.98. The van der Waals surface area contributed by atoms with E-state index in [4.69, 9.17) is 4.74 Å². The Kier molecular flexibility index (Phi) is 2.68. The van der Waals surface area contributed by atoms with Crippen LogP contribution in [0.25, 0.3) is 0 Å². The zero-order valence-corrected chi connectivity index (χ0v) is 8.50. The van der Waals surface area contributed by atoms with Gasteiger partial charge >= 0.3 is 0 Å². The Morgan fingerprint density at radius 2 is 2.33 bits per heavy atom. The molecule has 0 aliphatic carbocycles. The molecule has 4 heteroatoms. The maximum Gasteiger partial charge on any atom is 0.258 e. The molecule has 0 saturated carbocycles. The van der Waals surface area contributed by atoms with E-state index >= 15 is 0 Å². The molecule has 1 fully saturated rings. The summed E-state index contributed by atoms with van der Waals surface area (Å²) in [5, 5.41) is 0. The van der Waals surface area contributed by atoms with Gasteiger partial charge in [0.2, 0.25) is 0 Å². The molecule has 80 valence electrons. The number of hydrogen-bond acceptors (Lipinski definition) is 2. The van der Waals surface area contributed by atoms with Crippen LogP contribution in [0.15, 0.2) is 18.2 Å². The summed E-state index contributed by atoms with van der Waals surface area (Å²) in [7, 11) is 0. The van der Waals surface area contributed by atoms with Crippen LogP contribution in [0.1, 0.15) is 15.9 Å². The lowest BCUT2D eigenvalue weighted by Gasteiger charge is -2.14. The maximum atomic E-state index is 13.6. The van der Waals surface area contributed by atoms with E-state index in [9.17, 15) is 9.18 Å². The smallest absolute Gasteiger partial charge is 0.258 e. The van der Waals surface area contributed by atoms with Gasteiger partial charge in [-0.25, -0.2) is 4.39 Å². The lowest BCUT2D eigenvalue weighted by atomic mass is 10.1. The first-order valence-electron chi connectivity index (χ1n) is 4.82. The van der Waals surface area contributed by atoms with Crippen LogP contribution in [0.3, 0.4) is 0 Å². The normalized spacial score (nSPS) is 15.7. The van der Waals surface area contributed by atoms with Crippen LogP contribution in [-0.4, -0.2) is 30.7 Å². The van der Waals surface area contributed by atoms with Crippen molar-refractivity contribution in [3.8, 4) is 0 Å². The molecule has 0 aromatic heterocycles. The first kappa shape index (κ1) is 10.1. The molecule has 1 aliphatic heterocycles. The van der Waals surface area contributed by atoms with Crippen molar-refractivity contribution in [3.63, 3.8) is 0 Å². The van der Waals surface area contributed by atoms with Crippen LogP contribution in [0.2, 0.25) is 0 Å². The molecule has 0 spiro atoms. The van der Waals surface area contributed by atoms with Gasteiger partial charge in [0.15, 0.2) is 0 Å². The highest BCUT2D eigenvalue weighted by Crippen LogP contribution is 2.15. The zero-order valence-electron chi connectivity index (χ0n) is 8.50. The van der Waals surface area contributed by atoms with Crippen LogP contribution in [-0.2, 0) is 4.74 Å². The van der Waals surface area contributed by atoms with Gasteiger partial charge in [0.1, 0.15) is 12.5 Å². The van der Waals surface area contributed by atoms with Crippen molar-refractivity contribution in [2.45, 2.75) is 6.92 Å². The number of rotatable bonds is 1. The van der Waals surface area contributed by atoms with E-state index in [0.29, 0.717) is 18.7 Å². The second-order valence-electron chi connectivity index (χ2n) is 3.54. The van der Waals surface area contributed by atoms with Crippen LogP contribution in [0, 0.1) is 12.7 Å². The predicted octanol–water partition coefficient (Wildman–Crippen LogP) is 1.56. The molecule has 1 heterocycles. The number of carbonyl (C=O) groups is 1. The number of hydrogen-bond donors (Lipinski definition) is 0. The first-order valence-corrected chi connectivity index (χ1v) is 4.82. The number of benzene rings is 1. The van der Waals surface area contributed by atoms with Gasteiger partial charge in [-0.05, 0) is 18.6 Å². The van der Waals surface area contributed by atoms with Gasteiger partial charge in [0.25, 0.3) is 5.91 Å². The van der Waals surface area contributed by atoms with Crippen LogP contribution in [0.4, 0.5) is 4.39 Å². The summed E-state index contributed by atoms with van der Waals surface area (Å²) in [6, 6.07) is 4.83. The molecular formula is C11H12FNO2. The molecule has 0 radical (unpaired) electrons. The van der Waals surface area contributed by atoms with E-state index in [1.807, 2.05) is 0 Å². The van der Waals surface area contributed by atoms with E-state index in [-0.39, 0.29) is 18.2 Å². The number of carbonyl (C=O) groups excluding carboxylic acids is 1. The van der Waals surface area contributed by atoms with Crippen LogP contribution in [0.5, 0.6) is 0 Å². The van der Waals surface area contributed by atoms with Gasteiger partial charge < -0.3 is 9.64 Å². The summed E-state index contributed by atoms with van der Waals surface area (Å²) < 4.78 is 18.7. The third kappa shape index (κ3) is 1.85. The zero-order chi connectivity index (χ0) is 10.8. The summed E-state index contributed by atoms with van der Waals surface area (Å²) in [5.41, 5.74) is 0.612. The van der Waals surface area contributed by atoms with Crippen molar-refractivity contribution < 1.29 is 13.9 Å². The minimum atomic E-state index is -0.436. The van der Waals surface area contributed by atoms with Gasteiger partial charge in [-0.2, -0.15) is 0 Å². The van der Waals surface area contributed by atoms with Gasteiger partial charge in [-0.1, -0.05) is 12.1 Å². The highest BCUT2D eigenvalue weighted by Gasteiger charge is 2.22. The van der Waals surface area contributed by atoms with Crippen molar-refractivity contribution >= 4 is 5.91 Å². The van der Waals surface area contributed by atoms with E-state index < -0.39 is 5.82 Å². The molecule has 1 amide bonds. The fourth-order valence-corrected chi connectivity index (χ4v) is 1.56. The quantitative estimate of drug-likeness (QED) is 0.702. The fourth-order valence-electron chi connectivity index (χ4n) is 1.56. The minimum Gasteiger partial charge on any atom is -0.359 e. The molecule has 1 aliphatic rings. The van der Waals surface area contributed by atoms with Crippen LogP contribution < -0.4 is 0 Å². The molecule has 0 atom stereocenters. The summed E-state index contributed by atoms with van der Waals surface area (Å²) in [6.07, 6.45) is 0. The van der Waals surface area contributed by atoms with Crippen molar-refractivity contribution in [2.24, 2.45) is 0 Å². The van der Waals surface area contributed by atoms with Crippen molar-refractivity contribution in [2.75, 3.05) is 19.9 Å². The number of halogens is 1. The molecule has 0 bridgehead atoms. The average Bonchev–Trinajstić information content (AvgIpc) is 2.74. The highest BCUT2D eigenvalue weighted by molar-refractivity contribution is 5.94. The Morgan fingerprint density at radius 1 is 1.53 bits per heavy atom. The molecule has 0 N–H and O–H groups in total. The Morgan fingerprint density at radius 3 is 3.00 bits per heavy atom.